The summed E-state index contributed by atoms with van der Waals surface area (Å²) in [6, 6.07) is 12.2. The van der Waals surface area contributed by atoms with Crippen molar-refractivity contribution in [2.45, 2.75) is 19.9 Å². The lowest BCUT2D eigenvalue weighted by Gasteiger charge is -2.25. The van der Waals surface area contributed by atoms with Crippen LogP contribution in [-0.4, -0.2) is 31.4 Å². The Balaban J connectivity index is 1.96. The largest absolute Gasteiger partial charge is 0.496 e. The van der Waals surface area contributed by atoms with Crippen molar-refractivity contribution in [3.05, 3.63) is 89.0 Å². The van der Waals surface area contributed by atoms with Gasteiger partial charge in [0, 0.05) is 5.56 Å². The third kappa shape index (κ3) is 4.33. The van der Waals surface area contributed by atoms with E-state index < -0.39 is 12.0 Å². The van der Waals surface area contributed by atoms with Crippen LogP contribution in [0.1, 0.15) is 31.0 Å². The third-order valence-electron chi connectivity index (χ3n) is 5.42. The highest BCUT2D eigenvalue weighted by molar-refractivity contribution is 9.10. The second-order valence-corrected chi connectivity index (χ2v) is 9.30. The number of carbonyl (C=O) groups excluding carboxylic acids is 1. The molecular weight excluding hydrogens is 520 g/mol. The molecule has 9 heteroatoms. The maximum atomic E-state index is 13.7. The summed E-state index contributed by atoms with van der Waals surface area (Å²) in [5, 5.41) is 0. The van der Waals surface area contributed by atoms with Crippen LogP contribution in [0.25, 0.3) is 6.08 Å². The average molecular weight is 543 g/mol. The summed E-state index contributed by atoms with van der Waals surface area (Å²) in [6.07, 6.45) is 1.80. The molecule has 0 spiro atoms. The Labute approximate surface area is 208 Å². The van der Waals surface area contributed by atoms with Crippen LogP contribution in [0, 0.1) is 0 Å². The number of benzene rings is 2. The first-order valence-corrected chi connectivity index (χ1v) is 12.2. The number of hydrogen-bond donors (Lipinski definition) is 0. The molecule has 0 N–H and O–H groups in total. The van der Waals surface area contributed by atoms with E-state index in [0.29, 0.717) is 37.7 Å². The van der Waals surface area contributed by atoms with Crippen LogP contribution >= 0.6 is 27.3 Å². The molecule has 2 aromatic carbocycles. The van der Waals surface area contributed by atoms with E-state index in [1.807, 2.05) is 36.4 Å². The minimum Gasteiger partial charge on any atom is -0.496 e. The lowest BCUT2D eigenvalue weighted by Crippen LogP contribution is -2.40. The molecule has 3 aromatic rings. The van der Waals surface area contributed by atoms with Crippen LogP contribution < -0.4 is 24.4 Å². The van der Waals surface area contributed by atoms with Gasteiger partial charge in [-0.2, -0.15) is 0 Å². The molecule has 1 unspecified atom stereocenters. The number of hydrogen-bond acceptors (Lipinski definition) is 7. The van der Waals surface area contributed by atoms with Crippen LogP contribution in [0.3, 0.4) is 0 Å². The van der Waals surface area contributed by atoms with Crippen LogP contribution in [-0.2, 0) is 9.53 Å². The fourth-order valence-electron chi connectivity index (χ4n) is 3.90. The van der Waals surface area contributed by atoms with E-state index in [4.69, 9.17) is 14.2 Å². The van der Waals surface area contributed by atoms with Crippen molar-refractivity contribution < 1.29 is 19.0 Å². The fourth-order valence-corrected chi connectivity index (χ4v) is 5.51. The Kier molecular flexibility index (Phi) is 7.04. The van der Waals surface area contributed by atoms with E-state index >= 15 is 0 Å². The number of esters is 1. The number of nitrogens with zero attached hydrogens (tertiary/aromatic N) is 2. The van der Waals surface area contributed by atoms with Gasteiger partial charge in [-0.1, -0.05) is 35.6 Å². The highest BCUT2D eigenvalue weighted by atomic mass is 79.9. The molecule has 1 aromatic heterocycles. The minimum absolute atomic E-state index is 0.213. The molecular formula is C25H23BrN2O5S. The predicted octanol–water partition coefficient (Wildman–Crippen LogP) is 3.58. The van der Waals surface area contributed by atoms with Crippen molar-refractivity contribution in [3.63, 3.8) is 0 Å². The number of allylic oxidation sites excluding steroid dienone is 1. The molecule has 0 saturated heterocycles. The maximum absolute atomic E-state index is 13.7. The van der Waals surface area contributed by atoms with Gasteiger partial charge < -0.3 is 14.2 Å². The summed E-state index contributed by atoms with van der Waals surface area (Å²) in [4.78, 5) is 31.8. The van der Waals surface area contributed by atoms with Crippen LogP contribution in [0.5, 0.6) is 11.5 Å². The number of thiazole rings is 1. The second kappa shape index (κ2) is 9.99. The molecule has 2 heterocycles. The molecule has 0 fully saturated rings. The minimum atomic E-state index is -0.726. The third-order valence-corrected chi connectivity index (χ3v) is 7.03. The quantitative estimate of drug-likeness (QED) is 0.445. The van der Waals surface area contributed by atoms with Gasteiger partial charge in [0.05, 0.1) is 41.1 Å². The van der Waals surface area contributed by atoms with Crippen molar-refractivity contribution in [2.75, 3.05) is 20.8 Å². The van der Waals surface area contributed by atoms with Gasteiger partial charge in [-0.15, -0.1) is 0 Å². The first-order chi connectivity index (χ1) is 16.4. The number of fused-ring (bicyclic) bond motifs is 1. The molecule has 0 bridgehead atoms. The van der Waals surface area contributed by atoms with E-state index in [2.05, 4.69) is 20.9 Å². The number of aromatic nitrogens is 1. The molecule has 1 aliphatic heterocycles. The molecule has 0 radical (unpaired) electrons. The first-order valence-electron chi connectivity index (χ1n) is 10.6. The molecule has 0 aliphatic carbocycles. The lowest BCUT2D eigenvalue weighted by atomic mass is 9.95. The van der Waals surface area contributed by atoms with Crippen LogP contribution in [0.4, 0.5) is 0 Å². The zero-order chi connectivity index (χ0) is 24.4. The molecule has 4 rings (SSSR count). The number of ether oxygens (including phenoxy) is 3. The Morgan fingerprint density at radius 3 is 2.59 bits per heavy atom. The van der Waals surface area contributed by atoms with Crippen LogP contribution in [0.2, 0.25) is 0 Å². The Morgan fingerprint density at radius 2 is 1.91 bits per heavy atom. The van der Waals surface area contributed by atoms with Gasteiger partial charge in [0.25, 0.3) is 5.56 Å². The van der Waals surface area contributed by atoms with E-state index in [9.17, 15) is 9.59 Å². The fraction of sp³-hybridized carbons (Fsp3) is 0.240. The summed E-state index contributed by atoms with van der Waals surface area (Å²) in [5.74, 6) is 0.759. The SMILES string of the molecule is CCOC(=O)C1=C(C)N=c2sc(=Cc3ccc(OC)c(Br)c3)c(=O)n2C1c1ccccc1OC. The topological polar surface area (TPSA) is 79.1 Å². The van der Waals surface area contributed by atoms with E-state index in [1.54, 1.807) is 44.8 Å². The van der Waals surface area contributed by atoms with Crippen molar-refractivity contribution in [1.82, 2.24) is 4.57 Å². The van der Waals surface area contributed by atoms with Crippen molar-refractivity contribution in [3.8, 4) is 11.5 Å². The van der Waals surface area contributed by atoms with Gasteiger partial charge in [-0.3, -0.25) is 9.36 Å². The summed E-state index contributed by atoms with van der Waals surface area (Å²) >= 11 is 4.75. The van der Waals surface area contributed by atoms with Gasteiger partial charge in [-0.25, -0.2) is 9.79 Å². The molecule has 176 valence electrons. The number of rotatable bonds is 6. The zero-order valence-electron chi connectivity index (χ0n) is 19.1. The summed E-state index contributed by atoms with van der Waals surface area (Å²) in [5.41, 5.74) is 2.09. The molecule has 0 amide bonds. The molecule has 0 saturated carbocycles. The Hall–Kier alpha value is -3.17. The van der Waals surface area contributed by atoms with E-state index in [-0.39, 0.29) is 12.2 Å². The van der Waals surface area contributed by atoms with E-state index in [1.165, 1.54) is 11.3 Å². The van der Waals surface area contributed by atoms with Crippen molar-refractivity contribution >= 4 is 39.3 Å². The standard InChI is InChI=1S/C25H23BrN2O5S/c1-5-33-24(30)21-14(2)27-25-28(22(21)16-8-6-7-9-18(16)31-3)23(29)20(34-25)13-15-10-11-19(32-4)17(26)12-15/h6-13,22H,5H2,1-4H3. The molecule has 7 nitrogen and oxygen atoms in total. The predicted molar refractivity (Wildman–Crippen MR) is 134 cm³/mol. The summed E-state index contributed by atoms with van der Waals surface area (Å²) in [6.45, 7) is 3.71. The molecule has 34 heavy (non-hydrogen) atoms. The van der Waals surface area contributed by atoms with Crippen LogP contribution in [0.15, 0.2) is 68.0 Å². The Bertz CT molecular complexity index is 1470. The summed E-state index contributed by atoms with van der Waals surface area (Å²) in [7, 11) is 3.16. The normalized spacial score (nSPS) is 15.6. The zero-order valence-corrected chi connectivity index (χ0v) is 21.5. The van der Waals surface area contributed by atoms with Crippen molar-refractivity contribution in [1.29, 1.82) is 0 Å². The maximum Gasteiger partial charge on any atom is 0.338 e. The second-order valence-electron chi connectivity index (χ2n) is 7.44. The number of para-hydroxylation sites is 1. The van der Waals surface area contributed by atoms with Crippen molar-refractivity contribution in [2.24, 2.45) is 4.99 Å². The highest BCUT2D eigenvalue weighted by Gasteiger charge is 2.34. The lowest BCUT2D eigenvalue weighted by molar-refractivity contribution is -0.139. The number of halogens is 1. The average Bonchev–Trinajstić information content (AvgIpc) is 3.12. The number of methoxy groups -OCH3 is 2. The Morgan fingerprint density at radius 1 is 1.18 bits per heavy atom. The van der Waals surface area contributed by atoms with Gasteiger partial charge in [-0.05, 0) is 59.6 Å². The smallest absolute Gasteiger partial charge is 0.338 e. The van der Waals surface area contributed by atoms with Gasteiger partial charge >= 0.3 is 5.97 Å². The first kappa shape index (κ1) is 24.0. The summed E-state index contributed by atoms with van der Waals surface area (Å²) < 4.78 is 19.0. The molecule has 1 atom stereocenters. The monoisotopic (exact) mass is 542 g/mol. The molecule has 1 aliphatic rings. The van der Waals surface area contributed by atoms with E-state index in [0.717, 1.165) is 10.0 Å². The van der Waals surface area contributed by atoms with Gasteiger partial charge in [0.2, 0.25) is 0 Å². The van der Waals surface area contributed by atoms with Gasteiger partial charge in [0.1, 0.15) is 17.5 Å². The van der Waals surface area contributed by atoms with Gasteiger partial charge in [0.15, 0.2) is 4.80 Å². The highest BCUT2D eigenvalue weighted by Crippen LogP contribution is 2.35. The number of carbonyl (C=O) groups is 1.